The van der Waals surface area contributed by atoms with Gasteiger partial charge in [-0.05, 0) is 10.4 Å². The third-order valence-electron chi connectivity index (χ3n) is 1.62. The number of hydrogen-bond donors (Lipinski definition) is 2. The van der Waals surface area contributed by atoms with E-state index in [2.05, 4.69) is 35.7 Å². The normalized spacial score (nSPS) is 9.25. The Balaban J connectivity index is 2.90. The molecule has 0 unspecified atom stereocenters. The molecule has 1 amide bonds. The first-order valence-electron chi connectivity index (χ1n) is 4.03. The second-order valence-corrected chi connectivity index (χ2v) is 3.72. The van der Waals surface area contributed by atoms with Crippen LogP contribution in [0.3, 0.4) is 0 Å². The lowest BCUT2D eigenvalue weighted by atomic mass is 10.2. The smallest absolute Gasteiger partial charge is 0.282 e. The van der Waals surface area contributed by atoms with Crippen molar-refractivity contribution in [3.63, 3.8) is 0 Å². The molecule has 0 heterocycles. The molecule has 0 atom stereocenters. The van der Waals surface area contributed by atoms with Crippen molar-refractivity contribution in [2.24, 2.45) is 0 Å². The number of rotatable bonds is 2. The molecule has 1 aromatic carbocycles. The van der Waals surface area contributed by atoms with E-state index in [1.165, 1.54) is 24.3 Å². The first-order valence-corrected chi connectivity index (χ1v) is 4.84. The summed E-state index contributed by atoms with van der Waals surface area (Å²) in [5.41, 5.74) is 4.04. The average molecular weight is 256 g/mol. The van der Waals surface area contributed by atoms with Crippen LogP contribution in [0, 0.1) is 10.1 Å². The van der Waals surface area contributed by atoms with Crippen LogP contribution in [0.2, 0.25) is 0 Å². The fraction of sp³-hybridized carbons (Fsp3) is 0. The molecule has 0 aliphatic rings. The Hall–Kier alpha value is -1.80. The summed E-state index contributed by atoms with van der Waals surface area (Å²) in [5, 5.41) is 10.6. The van der Waals surface area contributed by atoms with Gasteiger partial charge >= 0.3 is 0 Å². The second kappa shape index (κ2) is 5.33. The molecular formula is C8H6N3O3S2-. The molecular weight excluding hydrogens is 250 g/mol. The van der Waals surface area contributed by atoms with Crippen LogP contribution in [0.15, 0.2) is 24.3 Å². The van der Waals surface area contributed by atoms with Crippen molar-refractivity contribution < 1.29 is 9.72 Å². The van der Waals surface area contributed by atoms with Crippen LogP contribution in [-0.4, -0.2) is 15.2 Å². The number of carbonyl (C=O) groups is 1. The summed E-state index contributed by atoms with van der Waals surface area (Å²) in [5.74, 6) is -0.667. The van der Waals surface area contributed by atoms with Crippen molar-refractivity contribution in [1.29, 1.82) is 0 Å². The Morgan fingerprint density at radius 1 is 1.38 bits per heavy atom. The van der Waals surface area contributed by atoms with E-state index in [1.807, 2.05) is 0 Å². The van der Waals surface area contributed by atoms with Crippen molar-refractivity contribution in [3.8, 4) is 0 Å². The average Bonchev–Trinajstić information content (AvgIpc) is 2.25. The summed E-state index contributed by atoms with van der Waals surface area (Å²) < 4.78 is -0.0491. The molecule has 0 aromatic heterocycles. The summed E-state index contributed by atoms with van der Waals surface area (Å²) in [6.45, 7) is 0. The van der Waals surface area contributed by atoms with E-state index in [9.17, 15) is 14.9 Å². The van der Waals surface area contributed by atoms with Crippen molar-refractivity contribution in [2.45, 2.75) is 0 Å². The minimum Gasteiger partial charge on any atom is -0.410 e. The highest BCUT2D eigenvalue weighted by Gasteiger charge is 2.18. The van der Waals surface area contributed by atoms with Gasteiger partial charge in [0.15, 0.2) is 0 Å². The van der Waals surface area contributed by atoms with Gasteiger partial charge in [0.25, 0.3) is 11.6 Å². The first-order chi connectivity index (χ1) is 7.52. The van der Waals surface area contributed by atoms with E-state index in [0.29, 0.717) is 0 Å². The molecule has 8 heteroatoms. The maximum absolute atomic E-state index is 11.5. The van der Waals surface area contributed by atoms with Gasteiger partial charge in [0.05, 0.1) is 4.92 Å². The van der Waals surface area contributed by atoms with Crippen molar-refractivity contribution >= 4 is 40.8 Å². The Morgan fingerprint density at radius 2 is 2.00 bits per heavy atom. The van der Waals surface area contributed by atoms with Gasteiger partial charge in [0.1, 0.15) is 5.56 Å². The number of para-hydroxylation sites is 1. The maximum atomic E-state index is 11.5. The Kier molecular flexibility index (Phi) is 4.09. The summed E-state index contributed by atoms with van der Waals surface area (Å²) in [7, 11) is 0. The number of nitrogens with one attached hydrogen (secondary N) is 2. The number of benzene rings is 1. The summed E-state index contributed by atoms with van der Waals surface area (Å²) in [6, 6.07) is 5.57. The minimum atomic E-state index is -0.667. The zero-order valence-electron chi connectivity index (χ0n) is 7.80. The van der Waals surface area contributed by atoms with Gasteiger partial charge in [0.2, 0.25) is 0 Å². The Morgan fingerprint density at radius 3 is 2.56 bits per heavy atom. The van der Waals surface area contributed by atoms with Gasteiger partial charge in [-0.2, -0.15) is 0 Å². The zero-order chi connectivity index (χ0) is 12.1. The standard InChI is InChI=1S/C8H7N3O3S2/c12-7(9-10-8(15)16)5-3-1-2-4-6(5)11(13)14/h1-4H,(H,9,12)(H2,10,15,16)/p-1. The molecule has 0 saturated heterocycles. The fourth-order valence-corrected chi connectivity index (χ4v) is 1.10. The lowest BCUT2D eigenvalue weighted by Crippen LogP contribution is -2.40. The Bertz CT molecular complexity index is 450. The number of nitro groups is 1. The third kappa shape index (κ3) is 3.11. The molecule has 16 heavy (non-hydrogen) atoms. The summed E-state index contributed by atoms with van der Waals surface area (Å²) in [6.07, 6.45) is 0. The van der Waals surface area contributed by atoms with E-state index < -0.39 is 10.8 Å². The zero-order valence-corrected chi connectivity index (χ0v) is 9.43. The van der Waals surface area contributed by atoms with Gasteiger partial charge in [-0.1, -0.05) is 12.1 Å². The monoisotopic (exact) mass is 256 g/mol. The fourth-order valence-electron chi connectivity index (χ4n) is 1.000. The molecule has 0 bridgehead atoms. The van der Waals surface area contributed by atoms with Gasteiger partial charge in [-0.15, -0.1) is 0 Å². The van der Waals surface area contributed by atoms with Crippen molar-refractivity contribution in [1.82, 2.24) is 10.9 Å². The first kappa shape index (κ1) is 12.3. The highest BCUT2D eigenvalue weighted by atomic mass is 32.1. The topological polar surface area (TPSA) is 84.3 Å². The number of nitrogens with zero attached hydrogens (tertiary/aromatic N) is 1. The number of thiocarbonyl (C=S) groups is 1. The van der Waals surface area contributed by atoms with Gasteiger partial charge in [0, 0.05) is 6.07 Å². The van der Waals surface area contributed by atoms with Gasteiger partial charge in [-0.25, -0.2) is 0 Å². The van der Waals surface area contributed by atoms with E-state index in [4.69, 9.17) is 0 Å². The number of hydrazine groups is 1. The van der Waals surface area contributed by atoms with Gasteiger partial charge < -0.3 is 30.3 Å². The van der Waals surface area contributed by atoms with Crippen LogP contribution in [0.1, 0.15) is 10.4 Å². The summed E-state index contributed by atoms with van der Waals surface area (Å²) in [4.78, 5) is 21.5. The van der Waals surface area contributed by atoms with Crippen LogP contribution in [-0.2, 0) is 12.6 Å². The SMILES string of the molecule is O=C(NNC(=S)[S-])c1ccccc1[N+](=O)[O-]. The summed E-state index contributed by atoms with van der Waals surface area (Å²) >= 11 is 9.01. The highest BCUT2D eigenvalue weighted by Crippen LogP contribution is 2.16. The molecule has 0 aliphatic carbocycles. The highest BCUT2D eigenvalue weighted by molar-refractivity contribution is 8.00. The van der Waals surface area contributed by atoms with Crippen molar-refractivity contribution in [2.75, 3.05) is 0 Å². The quantitative estimate of drug-likeness (QED) is 0.350. The number of amides is 1. The number of carbonyl (C=O) groups excluding carboxylic acids is 1. The molecule has 6 nitrogen and oxygen atoms in total. The van der Waals surface area contributed by atoms with E-state index >= 15 is 0 Å². The molecule has 1 rings (SSSR count). The largest absolute Gasteiger partial charge is 0.410 e. The number of nitro benzene ring substituents is 1. The molecule has 0 fully saturated rings. The predicted octanol–water partition coefficient (Wildman–Crippen LogP) is 0.661. The number of hydrogen-bond acceptors (Lipinski definition) is 5. The van der Waals surface area contributed by atoms with Crippen LogP contribution in [0.5, 0.6) is 0 Å². The van der Waals surface area contributed by atoms with Crippen LogP contribution >= 0.6 is 12.2 Å². The lowest BCUT2D eigenvalue weighted by molar-refractivity contribution is -0.385. The molecule has 1 aromatic rings. The van der Waals surface area contributed by atoms with Crippen molar-refractivity contribution in [3.05, 3.63) is 39.9 Å². The molecule has 0 aliphatic heterocycles. The van der Waals surface area contributed by atoms with Crippen LogP contribution in [0.4, 0.5) is 5.69 Å². The molecule has 0 spiro atoms. The molecule has 0 radical (unpaired) electrons. The minimum absolute atomic E-state index is 0.0491. The maximum Gasteiger partial charge on any atom is 0.282 e. The molecule has 2 N–H and O–H groups in total. The molecule has 0 saturated carbocycles. The molecule has 84 valence electrons. The van der Waals surface area contributed by atoms with E-state index in [1.54, 1.807) is 0 Å². The lowest BCUT2D eigenvalue weighted by Gasteiger charge is -2.10. The predicted molar refractivity (Wildman–Crippen MR) is 63.7 cm³/mol. The van der Waals surface area contributed by atoms with E-state index in [-0.39, 0.29) is 15.6 Å². The third-order valence-corrected chi connectivity index (χ3v) is 1.83. The van der Waals surface area contributed by atoms with Crippen LogP contribution < -0.4 is 10.9 Å². The van der Waals surface area contributed by atoms with E-state index in [0.717, 1.165) is 0 Å². The Labute approximate surface area is 102 Å². The van der Waals surface area contributed by atoms with Crippen LogP contribution in [0.25, 0.3) is 0 Å². The van der Waals surface area contributed by atoms with Gasteiger partial charge in [-0.3, -0.25) is 20.3 Å². The second-order valence-electron chi connectivity index (χ2n) is 2.64.